The number of nitrogens with one attached hydrogen (secondary N) is 1. The highest BCUT2D eigenvalue weighted by Gasteiger charge is 2.36. The quantitative estimate of drug-likeness (QED) is 0.656. The fourth-order valence-electron chi connectivity index (χ4n) is 1.64. The van der Waals surface area contributed by atoms with Crippen LogP contribution in [-0.2, 0) is 10.9 Å². The van der Waals surface area contributed by atoms with E-state index in [0.29, 0.717) is 4.57 Å². The van der Waals surface area contributed by atoms with E-state index in [4.69, 9.17) is 9.84 Å². The predicted octanol–water partition coefficient (Wildman–Crippen LogP) is -0.894. The van der Waals surface area contributed by atoms with Crippen LogP contribution in [0.5, 0.6) is 0 Å². The molecule has 0 aromatic carbocycles. The molecule has 2 atom stereocenters. The van der Waals surface area contributed by atoms with E-state index in [1.165, 1.54) is 4.98 Å². The van der Waals surface area contributed by atoms with Gasteiger partial charge in [-0.1, -0.05) is 0 Å². The molecular weight excluding hydrogens is 285 g/mol. The molecule has 1 aliphatic heterocycles. The van der Waals surface area contributed by atoms with Gasteiger partial charge in [0.2, 0.25) is 5.88 Å². The minimum atomic E-state index is -4.95. The summed E-state index contributed by atoms with van der Waals surface area (Å²) in [6.07, 6.45) is -6.07. The van der Waals surface area contributed by atoms with Crippen molar-refractivity contribution < 1.29 is 28.1 Å². The van der Waals surface area contributed by atoms with Crippen molar-refractivity contribution in [2.45, 2.75) is 18.4 Å². The maximum Gasteiger partial charge on any atom is 0.423 e. The van der Waals surface area contributed by atoms with Gasteiger partial charge in [-0.25, -0.2) is 9.36 Å². The molecule has 0 radical (unpaired) electrons. The van der Waals surface area contributed by atoms with E-state index in [9.17, 15) is 27.9 Å². The molecule has 20 heavy (non-hydrogen) atoms. The van der Waals surface area contributed by atoms with Crippen LogP contribution in [0, 0.1) is 0 Å². The third-order valence-corrected chi connectivity index (χ3v) is 2.63. The summed E-state index contributed by atoms with van der Waals surface area (Å²) in [4.78, 5) is 24.1. The minimum absolute atomic E-state index is 0.277. The summed E-state index contributed by atoms with van der Waals surface area (Å²) in [5.41, 5.74) is -4.31. The van der Waals surface area contributed by atoms with E-state index in [-0.39, 0.29) is 6.20 Å². The predicted molar refractivity (Wildman–Crippen MR) is 58.6 cm³/mol. The number of hydrogen-bond acceptors (Lipinski definition) is 5. The van der Waals surface area contributed by atoms with Crippen LogP contribution in [0.3, 0.4) is 0 Å². The third-order valence-electron chi connectivity index (χ3n) is 2.63. The van der Waals surface area contributed by atoms with Gasteiger partial charge in [-0.15, -0.1) is 0 Å². The fraction of sp³-hybridized carbons (Fsp3) is 0.400. The lowest BCUT2D eigenvalue weighted by molar-refractivity contribution is -0.139. The van der Waals surface area contributed by atoms with Gasteiger partial charge in [0.1, 0.15) is 11.7 Å². The molecule has 0 saturated carbocycles. The second-order valence-corrected chi connectivity index (χ2v) is 4.00. The molecule has 0 aliphatic carbocycles. The Hall–Kier alpha value is -2.07. The molecular formula is C10H9F3N2O5. The van der Waals surface area contributed by atoms with E-state index in [2.05, 4.69) is 0 Å². The number of ether oxygens (including phenoxy) is 1. The Morgan fingerprint density at radius 3 is 2.55 bits per heavy atom. The van der Waals surface area contributed by atoms with Crippen LogP contribution < -0.4 is 11.2 Å². The summed E-state index contributed by atoms with van der Waals surface area (Å²) >= 11 is 0. The highest BCUT2D eigenvalue weighted by atomic mass is 19.4. The van der Waals surface area contributed by atoms with Crippen LogP contribution in [0.1, 0.15) is 5.56 Å². The Balaban J connectivity index is 2.52. The number of aliphatic hydroxyl groups excluding tert-OH is 2. The normalized spacial score (nSPS) is 22.6. The molecule has 3 N–H and O–H groups in total. The third kappa shape index (κ3) is 2.47. The first kappa shape index (κ1) is 14.3. The monoisotopic (exact) mass is 294 g/mol. The van der Waals surface area contributed by atoms with Gasteiger partial charge in [0.25, 0.3) is 5.56 Å². The van der Waals surface area contributed by atoms with Gasteiger partial charge in [-0.05, 0) is 0 Å². The fourth-order valence-corrected chi connectivity index (χ4v) is 1.64. The van der Waals surface area contributed by atoms with E-state index < -0.39 is 47.7 Å². The Labute approximate surface area is 108 Å². The smallest absolute Gasteiger partial charge is 0.423 e. The standard InChI is InChI=1S/C10H9F3N2O5/c11-10(12,13)4-2-15(9(19)14-8(4)18)7-1-5(17)6(3-16)20-7/h1-2,5-6,16-17H,3H2,(H,14,18,19)/t5?,6-/m1/s1. The molecule has 0 amide bonds. The first-order valence-electron chi connectivity index (χ1n) is 5.35. The molecule has 0 spiro atoms. The van der Waals surface area contributed by atoms with Crippen LogP contribution in [0.4, 0.5) is 13.2 Å². The van der Waals surface area contributed by atoms with Crippen molar-refractivity contribution in [3.63, 3.8) is 0 Å². The molecule has 1 unspecified atom stereocenters. The molecule has 0 bridgehead atoms. The molecule has 2 heterocycles. The number of alkyl halides is 3. The molecule has 1 aromatic rings. The summed E-state index contributed by atoms with van der Waals surface area (Å²) in [6.45, 7) is -0.592. The summed E-state index contributed by atoms with van der Waals surface area (Å²) in [5.74, 6) is -0.400. The Morgan fingerprint density at radius 2 is 2.05 bits per heavy atom. The molecule has 10 heteroatoms. The van der Waals surface area contributed by atoms with Crippen molar-refractivity contribution in [2.75, 3.05) is 6.61 Å². The second kappa shape index (κ2) is 4.80. The van der Waals surface area contributed by atoms with Crippen molar-refractivity contribution >= 4 is 5.88 Å². The number of aliphatic hydroxyl groups is 2. The molecule has 0 fully saturated rings. The minimum Gasteiger partial charge on any atom is -0.470 e. The van der Waals surface area contributed by atoms with Gasteiger partial charge in [0.05, 0.1) is 6.61 Å². The van der Waals surface area contributed by atoms with Crippen LogP contribution >= 0.6 is 0 Å². The zero-order chi connectivity index (χ0) is 15.1. The highest BCUT2D eigenvalue weighted by Crippen LogP contribution is 2.27. The van der Waals surface area contributed by atoms with Gasteiger partial charge < -0.3 is 14.9 Å². The molecule has 2 rings (SSSR count). The first-order chi connectivity index (χ1) is 9.24. The number of nitrogens with zero attached hydrogens (tertiary/aromatic N) is 1. The molecule has 110 valence electrons. The lowest BCUT2D eigenvalue weighted by Gasteiger charge is -2.14. The summed E-state index contributed by atoms with van der Waals surface area (Å²) in [7, 11) is 0. The van der Waals surface area contributed by atoms with Crippen molar-refractivity contribution in [3.8, 4) is 0 Å². The first-order valence-corrected chi connectivity index (χ1v) is 5.35. The van der Waals surface area contributed by atoms with Crippen molar-refractivity contribution in [1.29, 1.82) is 0 Å². The molecule has 1 aliphatic rings. The van der Waals surface area contributed by atoms with E-state index >= 15 is 0 Å². The number of aromatic nitrogens is 2. The Bertz CT molecular complexity index is 660. The van der Waals surface area contributed by atoms with Gasteiger partial charge in [0, 0.05) is 12.3 Å². The highest BCUT2D eigenvalue weighted by molar-refractivity contribution is 5.42. The van der Waals surface area contributed by atoms with Crippen LogP contribution in [0.2, 0.25) is 0 Å². The van der Waals surface area contributed by atoms with E-state index in [0.717, 1.165) is 6.08 Å². The number of hydrogen-bond donors (Lipinski definition) is 3. The van der Waals surface area contributed by atoms with Crippen LogP contribution in [0.15, 0.2) is 21.9 Å². The van der Waals surface area contributed by atoms with Crippen molar-refractivity contribution in [3.05, 3.63) is 38.7 Å². The van der Waals surface area contributed by atoms with E-state index in [1.54, 1.807) is 0 Å². The SMILES string of the molecule is O=c1[nH]c(=O)n(C2=CC(O)[C@@H](CO)O2)cc1C(F)(F)F. The number of aromatic amines is 1. The number of rotatable bonds is 2. The zero-order valence-electron chi connectivity index (χ0n) is 9.72. The molecule has 1 aromatic heterocycles. The Morgan fingerprint density at radius 1 is 1.40 bits per heavy atom. The second-order valence-electron chi connectivity index (χ2n) is 4.00. The van der Waals surface area contributed by atoms with Crippen LogP contribution in [0.25, 0.3) is 5.88 Å². The molecule has 7 nitrogen and oxygen atoms in total. The summed E-state index contributed by atoms with van der Waals surface area (Å²) in [5, 5.41) is 18.3. The zero-order valence-corrected chi connectivity index (χ0v) is 9.72. The maximum atomic E-state index is 12.6. The van der Waals surface area contributed by atoms with Gasteiger partial charge in [-0.3, -0.25) is 9.78 Å². The van der Waals surface area contributed by atoms with Crippen molar-refractivity contribution in [2.24, 2.45) is 0 Å². The molecule has 0 saturated heterocycles. The summed E-state index contributed by atoms with van der Waals surface area (Å²) in [6, 6.07) is 0. The number of halogens is 3. The lowest BCUT2D eigenvalue weighted by atomic mass is 10.2. The van der Waals surface area contributed by atoms with Crippen LogP contribution in [-0.4, -0.2) is 38.6 Å². The van der Waals surface area contributed by atoms with Gasteiger partial charge in [-0.2, -0.15) is 13.2 Å². The largest absolute Gasteiger partial charge is 0.470 e. The van der Waals surface area contributed by atoms with Crippen molar-refractivity contribution in [1.82, 2.24) is 9.55 Å². The van der Waals surface area contributed by atoms with E-state index in [1.807, 2.05) is 0 Å². The Kier molecular flexibility index (Phi) is 3.44. The lowest BCUT2D eigenvalue weighted by Crippen LogP contribution is -2.34. The van der Waals surface area contributed by atoms with Gasteiger partial charge in [0.15, 0.2) is 6.10 Å². The summed E-state index contributed by atoms with van der Waals surface area (Å²) < 4.78 is 43.1. The van der Waals surface area contributed by atoms with Gasteiger partial charge >= 0.3 is 11.9 Å². The maximum absolute atomic E-state index is 12.6. The topological polar surface area (TPSA) is 105 Å². The average molecular weight is 294 g/mol. The average Bonchev–Trinajstić information content (AvgIpc) is 2.68. The number of H-pyrrole nitrogens is 1.